The standard InChI is InChI=1S/C29H36N4O2/c1-19(2)21-14-11-15-22(18-21)29(3,4)32-28(35)31-26-27(34)33(5)24-17-10-9-16-23(24)25(30-26)20-12-7-6-8-13-20/h9-11,14-18,20,26H,1,6-8,12-13H2,2-5H3,(H2,31,32,35). The van der Waals surface area contributed by atoms with Crippen molar-refractivity contribution in [3.8, 4) is 0 Å². The van der Waals surface area contributed by atoms with E-state index in [1.165, 1.54) is 6.42 Å². The second-order valence-corrected chi connectivity index (χ2v) is 10.3. The summed E-state index contributed by atoms with van der Waals surface area (Å²) in [5.74, 6) is 0.0402. The van der Waals surface area contributed by atoms with Gasteiger partial charge in [-0.2, -0.15) is 0 Å². The highest BCUT2D eigenvalue weighted by molar-refractivity contribution is 6.13. The summed E-state index contributed by atoms with van der Waals surface area (Å²) in [4.78, 5) is 33.1. The lowest BCUT2D eigenvalue weighted by molar-refractivity contribution is -0.119. The van der Waals surface area contributed by atoms with Crippen LogP contribution in [0.15, 0.2) is 60.1 Å². The summed E-state index contributed by atoms with van der Waals surface area (Å²) in [6.45, 7) is 9.86. The molecule has 0 spiro atoms. The molecule has 0 bridgehead atoms. The predicted molar refractivity (Wildman–Crippen MR) is 143 cm³/mol. The zero-order chi connectivity index (χ0) is 25.2. The van der Waals surface area contributed by atoms with Crippen molar-refractivity contribution >= 4 is 28.9 Å². The molecule has 35 heavy (non-hydrogen) atoms. The van der Waals surface area contributed by atoms with E-state index in [-0.39, 0.29) is 11.8 Å². The molecule has 0 saturated heterocycles. The molecular formula is C29H36N4O2. The highest BCUT2D eigenvalue weighted by Crippen LogP contribution is 2.33. The summed E-state index contributed by atoms with van der Waals surface area (Å²) in [5.41, 5.74) is 5.03. The summed E-state index contributed by atoms with van der Waals surface area (Å²) >= 11 is 0. The van der Waals surface area contributed by atoms with Crippen LogP contribution in [0.1, 0.15) is 69.6 Å². The minimum Gasteiger partial charge on any atom is -0.329 e. The van der Waals surface area contributed by atoms with Gasteiger partial charge in [0.2, 0.25) is 6.17 Å². The van der Waals surface area contributed by atoms with Crippen LogP contribution in [-0.2, 0) is 10.3 Å². The van der Waals surface area contributed by atoms with Gasteiger partial charge in [0, 0.05) is 18.5 Å². The number of urea groups is 1. The Bertz CT molecular complexity index is 1160. The van der Waals surface area contributed by atoms with Crippen LogP contribution in [0.5, 0.6) is 0 Å². The van der Waals surface area contributed by atoms with Crippen molar-refractivity contribution in [1.29, 1.82) is 0 Å². The average molecular weight is 473 g/mol. The molecule has 2 N–H and O–H groups in total. The number of hydrogen-bond acceptors (Lipinski definition) is 3. The molecular weight excluding hydrogens is 436 g/mol. The Balaban J connectivity index is 1.60. The molecule has 0 aromatic heterocycles. The molecule has 1 unspecified atom stereocenters. The third-order valence-corrected chi connectivity index (χ3v) is 7.14. The fourth-order valence-corrected chi connectivity index (χ4v) is 5.03. The van der Waals surface area contributed by atoms with Crippen molar-refractivity contribution in [2.75, 3.05) is 11.9 Å². The van der Waals surface area contributed by atoms with Crippen molar-refractivity contribution in [2.45, 2.75) is 64.6 Å². The van der Waals surface area contributed by atoms with E-state index in [1.807, 2.05) is 69.3 Å². The first-order valence-corrected chi connectivity index (χ1v) is 12.5. The summed E-state index contributed by atoms with van der Waals surface area (Å²) in [5, 5.41) is 5.90. The van der Waals surface area contributed by atoms with E-state index in [9.17, 15) is 9.59 Å². The fraction of sp³-hybridized carbons (Fsp3) is 0.414. The van der Waals surface area contributed by atoms with Crippen LogP contribution in [-0.4, -0.2) is 30.9 Å². The first-order valence-electron chi connectivity index (χ1n) is 12.5. The number of benzene rings is 2. The van der Waals surface area contributed by atoms with Crippen molar-refractivity contribution in [3.63, 3.8) is 0 Å². The second-order valence-electron chi connectivity index (χ2n) is 10.3. The normalized spacial score (nSPS) is 18.9. The van der Waals surface area contributed by atoms with Gasteiger partial charge in [0.05, 0.1) is 16.9 Å². The van der Waals surface area contributed by atoms with Crippen LogP contribution in [0.4, 0.5) is 10.5 Å². The van der Waals surface area contributed by atoms with E-state index in [0.717, 1.165) is 59.3 Å². The quantitative estimate of drug-likeness (QED) is 0.592. The number of amides is 3. The lowest BCUT2D eigenvalue weighted by Crippen LogP contribution is -2.53. The van der Waals surface area contributed by atoms with Gasteiger partial charge < -0.3 is 15.5 Å². The number of para-hydroxylation sites is 1. The number of benzodiazepines with no additional fused rings is 1. The lowest BCUT2D eigenvalue weighted by atomic mass is 9.83. The molecule has 1 aliphatic heterocycles. The van der Waals surface area contributed by atoms with Crippen LogP contribution in [0.3, 0.4) is 0 Å². The van der Waals surface area contributed by atoms with Gasteiger partial charge >= 0.3 is 6.03 Å². The average Bonchev–Trinajstić information content (AvgIpc) is 2.95. The van der Waals surface area contributed by atoms with Gasteiger partial charge in [0.25, 0.3) is 5.91 Å². The van der Waals surface area contributed by atoms with Gasteiger partial charge in [-0.1, -0.05) is 67.8 Å². The molecule has 1 heterocycles. The Morgan fingerprint density at radius 3 is 2.51 bits per heavy atom. The maximum atomic E-state index is 13.4. The molecule has 1 atom stereocenters. The number of carbonyl (C=O) groups is 2. The molecule has 1 aliphatic carbocycles. The zero-order valence-corrected chi connectivity index (χ0v) is 21.2. The Morgan fingerprint density at radius 1 is 1.09 bits per heavy atom. The number of allylic oxidation sites excluding steroid dienone is 1. The minimum absolute atomic E-state index is 0.250. The summed E-state index contributed by atoms with van der Waals surface area (Å²) in [6, 6.07) is 15.4. The molecule has 6 nitrogen and oxygen atoms in total. The van der Waals surface area contributed by atoms with E-state index >= 15 is 0 Å². The molecule has 2 aliphatic rings. The summed E-state index contributed by atoms with van der Waals surface area (Å²) < 4.78 is 0. The summed E-state index contributed by atoms with van der Waals surface area (Å²) in [7, 11) is 1.75. The lowest BCUT2D eigenvalue weighted by Gasteiger charge is -2.29. The largest absolute Gasteiger partial charge is 0.329 e. The second kappa shape index (κ2) is 10.1. The van der Waals surface area contributed by atoms with Crippen molar-refractivity contribution in [1.82, 2.24) is 10.6 Å². The highest BCUT2D eigenvalue weighted by atomic mass is 16.2. The van der Waals surface area contributed by atoms with Gasteiger partial charge in [-0.15, -0.1) is 0 Å². The fourth-order valence-electron chi connectivity index (χ4n) is 5.03. The molecule has 6 heteroatoms. The highest BCUT2D eigenvalue weighted by Gasteiger charge is 2.34. The van der Waals surface area contributed by atoms with Gasteiger partial charge in [0.15, 0.2) is 0 Å². The van der Waals surface area contributed by atoms with E-state index in [1.54, 1.807) is 11.9 Å². The van der Waals surface area contributed by atoms with Gasteiger partial charge in [0.1, 0.15) is 0 Å². The predicted octanol–water partition coefficient (Wildman–Crippen LogP) is 5.63. The molecule has 184 valence electrons. The maximum Gasteiger partial charge on any atom is 0.317 e. The number of anilines is 1. The van der Waals surface area contributed by atoms with E-state index in [0.29, 0.717) is 0 Å². The zero-order valence-electron chi connectivity index (χ0n) is 21.2. The monoisotopic (exact) mass is 472 g/mol. The van der Waals surface area contributed by atoms with E-state index < -0.39 is 17.7 Å². The molecule has 0 radical (unpaired) electrons. The van der Waals surface area contributed by atoms with Crippen LogP contribution < -0.4 is 15.5 Å². The van der Waals surface area contributed by atoms with Crippen molar-refractivity contribution < 1.29 is 9.59 Å². The molecule has 1 saturated carbocycles. The number of rotatable bonds is 5. The van der Waals surface area contributed by atoms with Gasteiger partial charge in [-0.3, -0.25) is 9.79 Å². The van der Waals surface area contributed by atoms with Crippen molar-refractivity contribution in [3.05, 3.63) is 71.8 Å². The van der Waals surface area contributed by atoms with Crippen LogP contribution in [0, 0.1) is 5.92 Å². The van der Waals surface area contributed by atoms with E-state index in [2.05, 4.69) is 17.2 Å². The number of nitrogens with zero attached hydrogens (tertiary/aromatic N) is 2. The third-order valence-electron chi connectivity index (χ3n) is 7.14. The van der Waals surface area contributed by atoms with Crippen LogP contribution in [0.2, 0.25) is 0 Å². The molecule has 4 rings (SSSR count). The van der Waals surface area contributed by atoms with Crippen molar-refractivity contribution in [2.24, 2.45) is 10.9 Å². The Labute approximate surface area is 208 Å². The van der Waals surface area contributed by atoms with E-state index in [4.69, 9.17) is 4.99 Å². The van der Waals surface area contributed by atoms with Crippen LogP contribution >= 0.6 is 0 Å². The summed E-state index contributed by atoms with van der Waals surface area (Å²) in [6.07, 6.45) is 4.67. The number of hydrogen-bond donors (Lipinski definition) is 2. The first-order chi connectivity index (χ1) is 16.7. The SMILES string of the molecule is C=C(C)c1cccc(C(C)(C)NC(=O)NC2N=C(C3CCCCC3)c3ccccc3N(C)C2=O)c1. The Morgan fingerprint density at radius 2 is 1.80 bits per heavy atom. The molecule has 1 fully saturated rings. The molecule has 2 aromatic rings. The Kier molecular flexibility index (Phi) is 7.10. The number of nitrogens with one attached hydrogen (secondary N) is 2. The third kappa shape index (κ3) is 5.31. The Hall–Kier alpha value is -3.41. The molecule has 2 aromatic carbocycles. The van der Waals surface area contributed by atoms with Gasteiger partial charge in [-0.05, 0) is 56.9 Å². The smallest absolute Gasteiger partial charge is 0.317 e. The van der Waals surface area contributed by atoms with Crippen LogP contribution in [0.25, 0.3) is 5.57 Å². The maximum absolute atomic E-state index is 13.4. The number of likely N-dealkylation sites (N-methyl/N-ethyl adjacent to an activating group) is 1. The molecule has 3 amide bonds. The minimum atomic E-state index is -0.984. The number of aliphatic imine (C=N–C) groups is 1. The number of fused-ring (bicyclic) bond motifs is 1. The van der Waals surface area contributed by atoms with Gasteiger partial charge in [-0.25, -0.2) is 4.79 Å². The number of carbonyl (C=O) groups excluding carboxylic acids is 2. The topological polar surface area (TPSA) is 73.8 Å². The first kappa shape index (κ1) is 24.7.